The average Bonchev–Trinajstić information content (AvgIpc) is 2.88. The number of nitrogens with one attached hydrogen (secondary N) is 1. The number of hydrogen-bond acceptors (Lipinski definition) is 4. The van der Waals surface area contributed by atoms with E-state index in [2.05, 4.69) is 17.0 Å². The van der Waals surface area contributed by atoms with Crippen molar-refractivity contribution < 1.29 is 14.3 Å². The van der Waals surface area contributed by atoms with E-state index in [1.807, 2.05) is 0 Å². The summed E-state index contributed by atoms with van der Waals surface area (Å²) in [5.41, 5.74) is 0. The molecule has 15 heavy (non-hydrogen) atoms. The highest BCUT2D eigenvalue weighted by molar-refractivity contribution is 7.99. The molecule has 1 rings (SSSR count). The molecule has 1 aliphatic carbocycles. The molecule has 0 bridgehead atoms. The van der Waals surface area contributed by atoms with Gasteiger partial charge in [-0.2, -0.15) is 0 Å². The lowest BCUT2D eigenvalue weighted by Crippen LogP contribution is -2.26. The van der Waals surface area contributed by atoms with Crippen molar-refractivity contribution in [2.75, 3.05) is 18.6 Å². The fourth-order valence-electron chi connectivity index (χ4n) is 1.18. The first kappa shape index (κ1) is 12.4. The first-order chi connectivity index (χ1) is 7.13. The molecule has 0 radical (unpaired) electrons. The topological polar surface area (TPSA) is 55.4 Å². The summed E-state index contributed by atoms with van der Waals surface area (Å²) in [6.45, 7) is 2.12. The van der Waals surface area contributed by atoms with Crippen molar-refractivity contribution in [2.24, 2.45) is 5.92 Å². The maximum Gasteiger partial charge on any atom is 0.315 e. The van der Waals surface area contributed by atoms with Crippen LogP contribution in [0.4, 0.5) is 0 Å². The Morgan fingerprint density at radius 3 is 2.73 bits per heavy atom. The van der Waals surface area contributed by atoms with Crippen LogP contribution in [-0.2, 0) is 14.3 Å². The number of methoxy groups -OCH3 is 1. The Hall–Kier alpha value is -0.710. The van der Waals surface area contributed by atoms with E-state index >= 15 is 0 Å². The molecule has 0 aromatic carbocycles. The van der Waals surface area contributed by atoms with Gasteiger partial charge < -0.3 is 10.1 Å². The molecule has 0 spiro atoms. The van der Waals surface area contributed by atoms with Crippen LogP contribution in [0.25, 0.3) is 0 Å². The third kappa shape index (κ3) is 5.06. The molecule has 4 nitrogen and oxygen atoms in total. The second-order valence-electron chi connectivity index (χ2n) is 3.77. The van der Waals surface area contributed by atoms with Gasteiger partial charge in [-0.3, -0.25) is 9.59 Å². The summed E-state index contributed by atoms with van der Waals surface area (Å²) >= 11 is 1.43. The number of carbonyl (C=O) groups is 2. The summed E-state index contributed by atoms with van der Waals surface area (Å²) in [7, 11) is 1.37. The molecular weight excluding hydrogens is 214 g/mol. The predicted molar refractivity (Wildman–Crippen MR) is 59.7 cm³/mol. The van der Waals surface area contributed by atoms with E-state index in [9.17, 15) is 9.59 Å². The zero-order valence-corrected chi connectivity index (χ0v) is 9.93. The number of thioether (sulfide) groups is 1. The van der Waals surface area contributed by atoms with Crippen LogP contribution in [-0.4, -0.2) is 36.5 Å². The highest BCUT2D eigenvalue weighted by atomic mass is 32.2. The Morgan fingerprint density at radius 2 is 2.20 bits per heavy atom. The van der Waals surface area contributed by atoms with E-state index in [1.54, 1.807) is 0 Å². The number of ether oxygens (including phenoxy) is 1. The number of amides is 1. The Balaban J connectivity index is 1.95. The van der Waals surface area contributed by atoms with Gasteiger partial charge in [0.1, 0.15) is 0 Å². The second kappa shape index (κ2) is 6.00. The second-order valence-corrected chi connectivity index (χ2v) is 4.87. The Bertz CT molecular complexity index is 245. The standard InChI is InChI=1S/C10H17NO3S/c1-7-5-8(7)11-9(12)3-4-15-6-10(13)14-2/h7-8H,3-6H2,1-2H3,(H,11,12). The number of esters is 1. The van der Waals surface area contributed by atoms with Crippen LogP contribution in [0.2, 0.25) is 0 Å². The van der Waals surface area contributed by atoms with Gasteiger partial charge in [-0.25, -0.2) is 0 Å². The third-order valence-electron chi connectivity index (χ3n) is 2.38. The van der Waals surface area contributed by atoms with Gasteiger partial charge in [0.25, 0.3) is 0 Å². The van der Waals surface area contributed by atoms with Gasteiger partial charge in [-0.15, -0.1) is 11.8 Å². The van der Waals surface area contributed by atoms with Crippen LogP contribution in [0.3, 0.4) is 0 Å². The van der Waals surface area contributed by atoms with Gasteiger partial charge in [0.05, 0.1) is 12.9 Å². The predicted octanol–water partition coefficient (Wildman–Crippen LogP) is 0.807. The first-order valence-electron chi connectivity index (χ1n) is 5.07. The van der Waals surface area contributed by atoms with E-state index in [-0.39, 0.29) is 11.9 Å². The lowest BCUT2D eigenvalue weighted by Gasteiger charge is -2.03. The molecule has 2 unspecified atom stereocenters. The molecule has 1 N–H and O–H groups in total. The quantitative estimate of drug-likeness (QED) is 0.543. The van der Waals surface area contributed by atoms with Gasteiger partial charge in [-0.1, -0.05) is 6.92 Å². The van der Waals surface area contributed by atoms with Gasteiger partial charge in [0, 0.05) is 18.2 Å². The van der Waals surface area contributed by atoms with Crippen molar-refractivity contribution >= 4 is 23.6 Å². The Kier molecular flexibility index (Phi) is 4.94. The fourth-order valence-corrected chi connectivity index (χ4v) is 1.94. The molecule has 86 valence electrons. The largest absolute Gasteiger partial charge is 0.468 e. The van der Waals surface area contributed by atoms with Crippen molar-refractivity contribution in [2.45, 2.75) is 25.8 Å². The zero-order valence-electron chi connectivity index (χ0n) is 9.12. The van der Waals surface area contributed by atoms with Crippen LogP contribution >= 0.6 is 11.8 Å². The lowest BCUT2D eigenvalue weighted by atomic mass is 10.4. The molecule has 1 aliphatic rings. The van der Waals surface area contributed by atoms with Gasteiger partial charge in [0.2, 0.25) is 5.91 Å². The van der Waals surface area contributed by atoms with Crippen molar-refractivity contribution in [3.63, 3.8) is 0 Å². The molecule has 5 heteroatoms. The summed E-state index contributed by atoms with van der Waals surface area (Å²) < 4.78 is 4.49. The fraction of sp³-hybridized carbons (Fsp3) is 0.800. The zero-order chi connectivity index (χ0) is 11.3. The third-order valence-corrected chi connectivity index (χ3v) is 3.31. The molecule has 1 amide bonds. The Labute approximate surface area is 94.1 Å². The van der Waals surface area contributed by atoms with Crippen molar-refractivity contribution in [1.29, 1.82) is 0 Å². The van der Waals surface area contributed by atoms with Crippen molar-refractivity contribution in [3.05, 3.63) is 0 Å². The maximum absolute atomic E-state index is 11.3. The lowest BCUT2D eigenvalue weighted by molar-refractivity contribution is -0.137. The minimum atomic E-state index is -0.240. The summed E-state index contributed by atoms with van der Waals surface area (Å²) in [6, 6.07) is 0.392. The van der Waals surface area contributed by atoms with E-state index in [0.29, 0.717) is 29.9 Å². The minimum Gasteiger partial charge on any atom is -0.468 e. The van der Waals surface area contributed by atoms with Gasteiger partial charge in [0.15, 0.2) is 0 Å². The van der Waals surface area contributed by atoms with Crippen LogP contribution < -0.4 is 5.32 Å². The molecule has 0 aliphatic heterocycles. The first-order valence-corrected chi connectivity index (χ1v) is 6.23. The van der Waals surface area contributed by atoms with E-state index in [1.165, 1.54) is 18.9 Å². The summed E-state index contributed by atoms with van der Waals surface area (Å²) in [4.78, 5) is 22.1. The molecule has 0 aromatic heterocycles. The Morgan fingerprint density at radius 1 is 1.53 bits per heavy atom. The minimum absolute atomic E-state index is 0.0849. The highest BCUT2D eigenvalue weighted by Gasteiger charge is 2.33. The summed E-state index contributed by atoms with van der Waals surface area (Å²) in [6.07, 6.45) is 1.58. The number of rotatable bonds is 6. The van der Waals surface area contributed by atoms with Gasteiger partial charge >= 0.3 is 5.97 Å². The van der Waals surface area contributed by atoms with Gasteiger partial charge in [-0.05, 0) is 12.3 Å². The van der Waals surface area contributed by atoms with E-state index in [4.69, 9.17) is 0 Å². The van der Waals surface area contributed by atoms with Crippen LogP contribution in [0.1, 0.15) is 19.8 Å². The average molecular weight is 231 g/mol. The van der Waals surface area contributed by atoms with E-state index in [0.717, 1.165) is 6.42 Å². The molecule has 1 fully saturated rings. The summed E-state index contributed by atoms with van der Waals surface area (Å²) in [5, 5.41) is 2.94. The molecule has 0 saturated heterocycles. The SMILES string of the molecule is COC(=O)CSCCC(=O)NC1CC1C. The highest BCUT2D eigenvalue weighted by Crippen LogP contribution is 2.28. The molecule has 0 aromatic rings. The smallest absolute Gasteiger partial charge is 0.315 e. The van der Waals surface area contributed by atoms with E-state index < -0.39 is 0 Å². The van der Waals surface area contributed by atoms with Crippen molar-refractivity contribution in [3.8, 4) is 0 Å². The monoisotopic (exact) mass is 231 g/mol. The van der Waals surface area contributed by atoms with Crippen LogP contribution in [0.15, 0.2) is 0 Å². The maximum atomic E-state index is 11.3. The normalized spacial score (nSPS) is 23.3. The molecular formula is C10H17NO3S. The molecule has 0 heterocycles. The number of hydrogen-bond donors (Lipinski definition) is 1. The van der Waals surface area contributed by atoms with Crippen molar-refractivity contribution in [1.82, 2.24) is 5.32 Å². The summed E-state index contributed by atoms with van der Waals surface area (Å²) in [5.74, 6) is 1.47. The number of carbonyl (C=O) groups excluding carboxylic acids is 2. The molecule has 1 saturated carbocycles. The van der Waals surface area contributed by atoms with Crippen LogP contribution in [0, 0.1) is 5.92 Å². The molecule has 2 atom stereocenters. The van der Waals surface area contributed by atoms with Crippen LogP contribution in [0.5, 0.6) is 0 Å².